The summed E-state index contributed by atoms with van der Waals surface area (Å²) >= 11 is 0. The van der Waals surface area contributed by atoms with Crippen molar-refractivity contribution in [1.82, 2.24) is 4.90 Å². The molecule has 1 heterocycles. The lowest BCUT2D eigenvalue weighted by Gasteiger charge is -2.22. The van der Waals surface area contributed by atoms with E-state index in [1.54, 1.807) is 6.08 Å². The third-order valence-electron chi connectivity index (χ3n) is 3.08. The van der Waals surface area contributed by atoms with E-state index in [1.165, 1.54) is 4.90 Å². The second-order valence-electron chi connectivity index (χ2n) is 4.50. The van der Waals surface area contributed by atoms with E-state index < -0.39 is 6.10 Å². The summed E-state index contributed by atoms with van der Waals surface area (Å²) in [6.45, 7) is 4.18. The van der Waals surface area contributed by atoms with Gasteiger partial charge in [0.05, 0.1) is 12.3 Å². The molecule has 1 aromatic rings. The van der Waals surface area contributed by atoms with E-state index in [4.69, 9.17) is 9.94 Å². The molecular weight excluding hydrogens is 256 g/mol. The summed E-state index contributed by atoms with van der Waals surface area (Å²) in [5.41, 5.74) is 1.73. The Morgan fingerprint density at radius 1 is 1.50 bits per heavy atom. The van der Waals surface area contributed by atoms with Gasteiger partial charge in [0.2, 0.25) is 6.10 Å². The Hall–Kier alpha value is -2.14. The van der Waals surface area contributed by atoms with Crippen LogP contribution in [0.15, 0.2) is 48.1 Å². The molecule has 1 atom stereocenters. The summed E-state index contributed by atoms with van der Waals surface area (Å²) in [5, 5.41) is 13.0. The fraction of sp³-hybridized carbons (Fsp3) is 0.333. The van der Waals surface area contributed by atoms with Crippen LogP contribution in [0.1, 0.15) is 12.0 Å². The molecule has 2 rings (SSSR count). The van der Waals surface area contributed by atoms with Crippen molar-refractivity contribution in [2.24, 2.45) is 5.16 Å². The fourth-order valence-corrected chi connectivity index (χ4v) is 2.08. The summed E-state index contributed by atoms with van der Waals surface area (Å²) in [7, 11) is 0. The van der Waals surface area contributed by atoms with Gasteiger partial charge in [-0.15, -0.1) is 6.58 Å². The number of hydrogen-bond donors (Lipinski definition) is 1. The van der Waals surface area contributed by atoms with Gasteiger partial charge >= 0.3 is 0 Å². The van der Waals surface area contributed by atoms with E-state index >= 15 is 0 Å². The van der Waals surface area contributed by atoms with Gasteiger partial charge in [-0.25, -0.2) is 0 Å². The van der Waals surface area contributed by atoms with Crippen LogP contribution in [-0.4, -0.2) is 47.4 Å². The van der Waals surface area contributed by atoms with E-state index in [1.807, 2.05) is 30.3 Å². The lowest BCUT2D eigenvalue weighted by molar-refractivity contribution is -0.142. The van der Waals surface area contributed by atoms with Gasteiger partial charge in [0.1, 0.15) is 0 Å². The number of nitrogens with zero attached hydrogens (tertiary/aromatic N) is 2. The van der Waals surface area contributed by atoms with E-state index in [0.29, 0.717) is 13.0 Å². The van der Waals surface area contributed by atoms with Crippen molar-refractivity contribution < 1.29 is 14.7 Å². The fourth-order valence-electron chi connectivity index (χ4n) is 2.08. The first-order valence-electron chi connectivity index (χ1n) is 6.55. The van der Waals surface area contributed by atoms with Crippen LogP contribution in [0.5, 0.6) is 0 Å². The molecule has 0 aliphatic carbocycles. The minimum atomic E-state index is -0.614. The molecule has 1 unspecified atom stereocenters. The molecule has 0 bridgehead atoms. The molecule has 1 aliphatic rings. The van der Waals surface area contributed by atoms with Crippen LogP contribution in [-0.2, 0) is 9.63 Å². The minimum Gasteiger partial charge on any atom is -0.395 e. The SMILES string of the molecule is C=CCN(CCO)C(=O)C1CC(c2ccccc2)=NO1. The summed E-state index contributed by atoms with van der Waals surface area (Å²) in [6, 6.07) is 9.63. The highest BCUT2D eigenvalue weighted by atomic mass is 16.6. The van der Waals surface area contributed by atoms with Crippen molar-refractivity contribution >= 4 is 11.6 Å². The van der Waals surface area contributed by atoms with E-state index in [9.17, 15) is 4.79 Å². The smallest absolute Gasteiger partial charge is 0.267 e. The van der Waals surface area contributed by atoms with Gasteiger partial charge in [-0.1, -0.05) is 41.6 Å². The maximum atomic E-state index is 12.3. The molecule has 1 aromatic carbocycles. The number of hydrogen-bond acceptors (Lipinski definition) is 4. The molecule has 106 valence electrons. The summed E-state index contributed by atoms with van der Waals surface area (Å²) in [5.74, 6) is -0.173. The number of oxime groups is 1. The second kappa shape index (κ2) is 6.86. The topological polar surface area (TPSA) is 62.1 Å². The minimum absolute atomic E-state index is 0.0846. The molecule has 20 heavy (non-hydrogen) atoms. The standard InChI is InChI=1S/C15H18N2O3/c1-2-8-17(9-10-18)15(19)14-11-13(16-20-14)12-6-4-3-5-7-12/h2-7,14,18H,1,8-11H2. The Morgan fingerprint density at radius 3 is 2.90 bits per heavy atom. The van der Waals surface area contributed by atoms with Crippen LogP contribution in [0.3, 0.4) is 0 Å². The van der Waals surface area contributed by atoms with E-state index in [-0.39, 0.29) is 19.1 Å². The number of aliphatic hydroxyl groups excluding tert-OH is 1. The van der Waals surface area contributed by atoms with Crippen molar-refractivity contribution in [3.63, 3.8) is 0 Å². The molecule has 0 aromatic heterocycles. The molecule has 1 amide bonds. The summed E-state index contributed by atoms with van der Waals surface area (Å²) < 4.78 is 0. The first-order valence-corrected chi connectivity index (χ1v) is 6.55. The van der Waals surface area contributed by atoms with Crippen LogP contribution >= 0.6 is 0 Å². The Kier molecular flexibility index (Phi) is 4.90. The van der Waals surface area contributed by atoms with Gasteiger partial charge in [0.25, 0.3) is 5.91 Å². The van der Waals surface area contributed by atoms with Gasteiger partial charge in [-0.05, 0) is 5.56 Å². The second-order valence-corrected chi connectivity index (χ2v) is 4.50. The third-order valence-corrected chi connectivity index (χ3v) is 3.08. The molecule has 0 saturated heterocycles. The van der Waals surface area contributed by atoms with E-state index in [2.05, 4.69) is 11.7 Å². The average molecular weight is 274 g/mol. The predicted molar refractivity (Wildman–Crippen MR) is 76.3 cm³/mol. The number of benzene rings is 1. The van der Waals surface area contributed by atoms with Gasteiger partial charge < -0.3 is 14.8 Å². The molecule has 5 nitrogen and oxygen atoms in total. The molecule has 0 saturated carbocycles. The molecule has 1 N–H and O–H groups in total. The highest BCUT2D eigenvalue weighted by Gasteiger charge is 2.31. The lowest BCUT2D eigenvalue weighted by Crippen LogP contribution is -2.41. The molecular formula is C15H18N2O3. The van der Waals surface area contributed by atoms with Crippen molar-refractivity contribution in [2.45, 2.75) is 12.5 Å². The van der Waals surface area contributed by atoms with Gasteiger partial charge in [-0.3, -0.25) is 4.79 Å². The largest absolute Gasteiger partial charge is 0.395 e. The maximum absolute atomic E-state index is 12.3. The Morgan fingerprint density at radius 2 is 2.25 bits per heavy atom. The first kappa shape index (κ1) is 14.3. The number of amides is 1. The van der Waals surface area contributed by atoms with Crippen LogP contribution in [0, 0.1) is 0 Å². The zero-order valence-electron chi connectivity index (χ0n) is 11.2. The lowest BCUT2D eigenvalue weighted by atomic mass is 10.0. The molecule has 5 heteroatoms. The van der Waals surface area contributed by atoms with Gasteiger partial charge in [0, 0.05) is 19.5 Å². The van der Waals surface area contributed by atoms with Crippen molar-refractivity contribution in [3.8, 4) is 0 Å². The van der Waals surface area contributed by atoms with Crippen molar-refractivity contribution in [3.05, 3.63) is 48.6 Å². The van der Waals surface area contributed by atoms with Crippen molar-refractivity contribution in [1.29, 1.82) is 0 Å². The van der Waals surface area contributed by atoms with Gasteiger partial charge in [-0.2, -0.15) is 0 Å². The summed E-state index contributed by atoms with van der Waals surface area (Å²) in [6.07, 6.45) is 1.46. The van der Waals surface area contributed by atoms with E-state index in [0.717, 1.165) is 11.3 Å². The number of carbonyl (C=O) groups excluding carboxylic acids is 1. The highest BCUT2D eigenvalue weighted by molar-refractivity contribution is 6.04. The van der Waals surface area contributed by atoms with Crippen LogP contribution in [0.25, 0.3) is 0 Å². The van der Waals surface area contributed by atoms with Gasteiger partial charge in [0.15, 0.2) is 0 Å². The molecule has 1 aliphatic heterocycles. The zero-order chi connectivity index (χ0) is 14.4. The molecule has 0 fully saturated rings. The van der Waals surface area contributed by atoms with Crippen LogP contribution in [0.2, 0.25) is 0 Å². The third kappa shape index (κ3) is 3.24. The monoisotopic (exact) mass is 274 g/mol. The zero-order valence-corrected chi connectivity index (χ0v) is 11.2. The predicted octanol–water partition coefficient (Wildman–Crippen LogP) is 1.19. The van der Waals surface area contributed by atoms with Crippen LogP contribution < -0.4 is 0 Å². The summed E-state index contributed by atoms with van der Waals surface area (Å²) in [4.78, 5) is 19.0. The Bertz CT molecular complexity index is 499. The normalized spacial score (nSPS) is 17.2. The number of carbonyl (C=O) groups is 1. The quantitative estimate of drug-likeness (QED) is 0.793. The Balaban J connectivity index is 1.99. The number of aliphatic hydroxyl groups is 1. The molecule has 0 spiro atoms. The maximum Gasteiger partial charge on any atom is 0.267 e. The van der Waals surface area contributed by atoms with Crippen LogP contribution in [0.4, 0.5) is 0 Å². The number of rotatable bonds is 6. The molecule has 0 radical (unpaired) electrons. The Labute approximate surface area is 118 Å². The average Bonchev–Trinajstić information content (AvgIpc) is 2.97. The first-order chi connectivity index (χ1) is 9.76. The highest BCUT2D eigenvalue weighted by Crippen LogP contribution is 2.18. The van der Waals surface area contributed by atoms with Crippen molar-refractivity contribution in [2.75, 3.05) is 19.7 Å².